The minimum absolute atomic E-state index is 0.697. The highest BCUT2D eigenvalue weighted by Crippen LogP contribution is 2.38. The standard InChI is InChI=1S/C28H29N5O/c29-12-3-4-13-31-26-22-15-19(20-11-14-30-25(16-20)32-17-18-7-8-18)9-10-23(22)33-27-21-5-1-2-6-24(21)34-28(26)27/h1-2,5-6,9-11,14-16,18H,3-4,7-8,12-13,17,29H2,(H,30,32)(H,31,33). The predicted molar refractivity (Wildman–Crippen MR) is 140 cm³/mol. The summed E-state index contributed by atoms with van der Waals surface area (Å²) in [5.74, 6) is 1.73. The van der Waals surface area contributed by atoms with Crippen molar-refractivity contribution in [1.29, 1.82) is 0 Å². The number of furan rings is 1. The number of pyridine rings is 2. The fourth-order valence-corrected chi connectivity index (χ4v) is 4.50. The average molecular weight is 452 g/mol. The fourth-order valence-electron chi connectivity index (χ4n) is 4.50. The average Bonchev–Trinajstić information content (AvgIpc) is 3.64. The minimum atomic E-state index is 0.697. The third-order valence-electron chi connectivity index (χ3n) is 6.59. The Morgan fingerprint density at radius 1 is 0.941 bits per heavy atom. The van der Waals surface area contributed by atoms with E-state index in [0.29, 0.717) is 6.54 Å². The van der Waals surface area contributed by atoms with Crippen LogP contribution in [0.15, 0.2) is 65.2 Å². The monoisotopic (exact) mass is 451 g/mol. The zero-order valence-corrected chi connectivity index (χ0v) is 19.2. The summed E-state index contributed by atoms with van der Waals surface area (Å²) in [5.41, 5.74) is 12.5. The van der Waals surface area contributed by atoms with Crippen LogP contribution in [0.1, 0.15) is 25.7 Å². The molecule has 0 bridgehead atoms. The van der Waals surface area contributed by atoms with E-state index in [0.717, 1.165) is 87.5 Å². The Bertz CT molecular complexity index is 1470. The molecular weight excluding hydrogens is 422 g/mol. The van der Waals surface area contributed by atoms with E-state index in [1.165, 1.54) is 12.8 Å². The van der Waals surface area contributed by atoms with Gasteiger partial charge in [-0.25, -0.2) is 9.97 Å². The lowest BCUT2D eigenvalue weighted by atomic mass is 10.0. The van der Waals surface area contributed by atoms with Crippen LogP contribution < -0.4 is 16.4 Å². The van der Waals surface area contributed by atoms with E-state index in [2.05, 4.69) is 52.0 Å². The van der Waals surface area contributed by atoms with E-state index in [4.69, 9.17) is 15.1 Å². The topological polar surface area (TPSA) is 89.0 Å². The van der Waals surface area contributed by atoms with E-state index in [1.54, 1.807) is 0 Å². The van der Waals surface area contributed by atoms with Gasteiger partial charge in [0, 0.05) is 30.1 Å². The number of anilines is 2. The van der Waals surface area contributed by atoms with E-state index in [1.807, 2.05) is 24.4 Å². The highest BCUT2D eigenvalue weighted by Gasteiger charge is 2.21. The lowest BCUT2D eigenvalue weighted by molar-refractivity contribution is 0.669. The zero-order chi connectivity index (χ0) is 22.9. The molecule has 3 heterocycles. The van der Waals surface area contributed by atoms with Crippen LogP contribution in [0, 0.1) is 5.92 Å². The van der Waals surface area contributed by atoms with Crippen molar-refractivity contribution in [3.05, 3.63) is 60.8 Å². The SMILES string of the molecule is NCCCCNc1c2cc(-c3ccnc(NCC4CC4)c3)ccc2nc2c1oc1ccccc12. The van der Waals surface area contributed by atoms with Crippen molar-refractivity contribution in [1.82, 2.24) is 9.97 Å². The van der Waals surface area contributed by atoms with Gasteiger partial charge in [-0.05, 0) is 85.7 Å². The Labute approximate surface area is 198 Å². The first-order chi connectivity index (χ1) is 16.8. The molecule has 4 N–H and O–H groups in total. The first kappa shape index (κ1) is 20.9. The molecule has 6 nitrogen and oxygen atoms in total. The Morgan fingerprint density at radius 2 is 1.82 bits per heavy atom. The molecule has 3 aromatic heterocycles. The molecule has 6 rings (SSSR count). The summed E-state index contributed by atoms with van der Waals surface area (Å²) in [6, 6.07) is 18.7. The molecule has 0 saturated heterocycles. The van der Waals surface area contributed by atoms with Crippen LogP contribution in [-0.2, 0) is 0 Å². The maximum absolute atomic E-state index is 6.30. The van der Waals surface area contributed by atoms with Gasteiger partial charge >= 0.3 is 0 Å². The van der Waals surface area contributed by atoms with Gasteiger partial charge in [0.1, 0.15) is 16.9 Å². The third-order valence-corrected chi connectivity index (χ3v) is 6.59. The summed E-state index contributed by atoms with van der Waals surface area (Å²) in [7, 11) is 0. The largest absolute Gasteiger partial charge is 0.452 e. The highest BCUT2D eigenvalue weighted by molar-refractivity contribution is 6.14. The van der Waals surface area contributed by atoms with Crippen LogP contribution in [0.3, 0.4) is 0 Å². The van der Waals surface area contributed by atoms with Gasteiger partial charge in [0.15, 0.2) is 5.58 Å². The number of nitrogens with zero attached hydrogens (tertiary/aromatic N) is 2. The summed E-state index contributed by atoms with van der Waals surface area (Å²) in [6.45, 7) is 2.53. The van der Waals surface area contributed by atoms with Gasteiger partial charge in [0.2, 0.25) is 0 Å². The Morgan fingerprint density at radius 3 is 2.71 bits per heavy atom. The van der Waals surface area contributed by atoms with Crippen LogP contribution in [0.4, 0.5) is 11.5 Å². The van der Waals surface area contributed by atoms with E-state index in [-0.39, 0.29) is 0 Å². The summed E-state index contributed by atoms with van der Waals surface area (Å²) in [4.78, 5) is 9.51. The van der Waals surface area contributed by atoms with Crippen molar-refractivity contribution in [3.63, 3.8) is 0 Å². The normalized spacial score (nSPS) is 13.7. The smallest absolute Gasteiger partial charge is 0.177 e. The number of nitrogens with two attached hydrogens (primary N) is 1. The van der Waals surface area contributed by atoms with Gasteiger partial charge in [-0.15, -0.1) is 0 Å². The molecule has 0 spiro atoms. The molecule has 2 aromatic carbocycles. The summed E-state index contributed by atoms with van der Waals surface area (Å²) < 4.78 is 6.30. The molecule has 34 heavy (non-hydrogen) atoms. The second-order valence-electron chi connectivity index (χ2n) is 9.17. The zero-order valence-electron chi connectivity index (χ0n) is 19.2. The highest BCUT2D eigenvalue weighted by atomic mass is 16.3. The van der Waals surface area contributed by atoms with Gasteiger partial charge in [0.25, 0.3) is 0 Å². The van der Waals surface area contributed by atoms with Crippen LogP contribution in [0.2, 0.25) is 0 Å². The van der Waals surface area contributed by atoms with Gasteiger partial charge in [-0.1, -0.05) is 18.2 Å². The van der Waals surface area contributed by atoms with Crippen molar-refractivity contribution >= 4 is 44.5 Å². The first-order valence-electron chi connectivity index (χ1n) is 12.2. The van der Waals surface area contributed by atoms with Gasteiger partial charge in [-0.2, -0.15) is 0 Å². The molecular formula is C28H29N5O. The third kappa shape index (κ3) is 4.05. The summed E-state index contributed by atoms with van der Waals surface area (Å²) in [5, 5.41) is 9.22. The molecule has 1 aliphatic carbocycles. The quantitative estimate of drug-likeness (QED) is 0.232. The maximum atomic E-state index is 6.30. The minimum Gasteiger partial charge on any atom is -0.452 e. The molecule has 0 amide bonds. The maximum Gasteiger partial charge on any atom is 0.177 e. The van der Waals surface area contributed by atoms with Crippen molar-refractivity contribution in [2.45, 2.75) is 25.7 Å². The van der Waals surface area contributed by atoms with Crippen LogP contribution in [0.5, 0.6) is 0 Å². The molecule has 0 unspecified atom stereocenters. The van der Waals surface area contributed by atoms with Crippen molar-refractivity contribution in [3.8, 4) is 11.1 Å². The summed E-state index contributed by atoms with van der Waals surface area (Å²) >= 11 is 0. The number of aromatic nitrogens is 2. The number of unbranched alkanes of at least 4 members (excludes halogenated alkanes) is 1. The number of nitrogens with one attached hydrogen (secondary N) is 2. The molecule has 172 valence electrons. The van der Waals surface area contributed by atoms with E-state index in [9.17, 15) is 0 Å². The number of fused-ring (bicyclic) bond motifs is 4. The van der Waals surface area contributed by atoms with Gasteiger partial charge < -0.3 is 20.8 Å². The van der Waals surface area contributed by atoms with E-state index < -0.39 is 0 Å². The van der Waals surface area contributed by atoms with Crippen LogP contribution in [-0.4, -0.2) is 29.6 Å². The lowest BCUT2D eigenvalue weighted by Crippen LogP contribution is -2.06. The molecule has 6 heteroatoms. The van der Waals surface area contributed by atoms with Crippen LogP contribution >= 0.6 is 0 Å². The fraction of sp³-hybridized carbons (Fsp3) is 0.286. The molecule has 1 fully saturated rings. The second-order valence-corrected chi connectivity index (χ2v) is 9.17. The van der Waals surface area contributed by atoms with Crippen molar-refractivity contribution in [2.75, 3.05) is 30.3 Å². The number of rotatable bonds is 9. The predicted octanol–water partition coefficient (Wildman–Crippen LogP) is 6.17. The van der Waals surface area contributed by atoms with E-state index >= 15 is 0 Å². The number of hydrogen-bond acceptors (Lipinski definition) is 6. The molecule has 0 aliphatic heterocycles. The molecule has 1 saturated carbocycles. The second kappa shape index (κ2) is 8.95. The van der Waals surface area contributed by atoms with Gasteiger partial charge in [0.05, 0.1) is 11.2 Å². The summed E-state index contributed by atoms with van der Waals surface area (Å²) in [6.07, 6.45) is 6.51. The first-order valence-corrected chi connectivity index (χ1v) is 12.2. The molecule has 1 aliphatic rings. The molecule has 0 radical (unpaired) electrons. The van der Waals surface area contributed by atoms with Crippen molar-refractivity contribution < 1.29 is 4.42 Å². The lowest BCUT2D eigenvalue weighted by Gasteiger charge is -2.12. The Kier molecular flexibility index (Phi) is 5.51. The Balaban J connectivity index is 1.45. The number of para-hydroxylation sites is 1. The molecule has 5 aromatic rings. The van der Waals surface area contributed by atoms with Crippen molar-refractivity contribution in [2.24, 2.45) is 11.7 Å². The molecule has 0 atom stereocenters. The van der Waals surface area contributed by atoms with Gasteiger partial charge in [-0.3, -0.25) is 0 Å². The number of benzene rings is 2. The van der Waals surface area contributed by atoms with Crippen LogP contribution in [0.25, 0.3) is 44.1 Å². The Hall–Kier alpha value is -3.64. The number of hydrogen-bond donors (Lipinski definition) is 3.